The standard InChI is InChI=1S/C29H33N3O/c1-20-12-26(17-28(13-20)33-3)31-25-10-11-29-22(15-25)14-23(18-30-29)24-16-27(32(2)19-24)7-5-4-6-21-8-9-21/h10-19,21,31H,4-9H2,1-3H3. The summed E-state index contributed by atoms with van der Waals surface area (Å²) in [5.41, 5.74) is 8.03. The van der Waals surface area contributed by atoms with Gasteiger partial charge in [0.2, 0.25) is 0 Å². The van der Waals surface area contributed by atoms with Gasteiger partial charge in [0.15, 0.2) is 0 Å². The molecule has 170 valence electrons. The topological polar surface area (TPSA) is 39.1 Å². The van der Waals surface area contributed by atoms with E-state index in [-0.39, 0.29) is 0 Å². The Bertz CT molecular complexity index is 1270. The number of aromatic nitrogens is 2. The third-order valence-corrected chi connectivity index (χ3v) is 6.69. The predicted octanol–water partition coefficient (Wildman–Crippen LogP) is 7.42. The highest BCUT2D eigenvalue weighted by Gasteiger charge is 2.20. The van der Waals surface area contributed by atoms with E-state index >= 15 is 0 Å². The number of aryl methyl sites for hydroxylation is 3. The molecular weight excluding hydrogens is 406 g/mol. The van der Waals surface area contributed by atoms with Gasteiger partial charge in [0.25, 0.3) is 0 Å². The number of fused-ring (bicyclic) bond motifs is 1. The fraction of sp³-hybridized carbons (Fsp3) is 0.345. The number of anilines is 2. The molecule has 4 heteroatoms. The number of hydrogen-bond donors (Lipinski definition) is 1. The quantitative estimate of drug-likeness (QED) is 0.276. The highest BCUT2D eigenvalue weighted by molar-refractivity contribution is 5.87. The molecule has 2 aromatic carbocycles. The van der Waals surface area contributed by atoms with Crippen molar-refractivity contribution >= 4 is 22.3 Å². The monoisotopic (exact) mass is 439 g/mol. The molecule has 0 spiro atoms. The summed E-state index contributed by atoms with van der Waals surface area (Å²) in [6.45, 7) is 2.07. The van der Waals surface area contributed by atoms with E-state index in [4.69, 9.17) is 9.72 Å². The molecule has 4 aromatic rings. The summed E-state index contributed by atoms with van der Waals surface area (Å²) in [6.07, 6.45) is 12.3. The van der Waals surface area contributed by atoms with Gasteiger partial charge in [-0.1, -0.05) is 25.7 Å². The number of rotatable bonds is 9. The predicted molar refractivity (Wildman–Crippen MR) is 137 cm³/mol. The Labute approximate surface area is 196 Å². The molecule has 0 atom stereocenters. The van der Waals surface area contributed by atoms with Gasteiger partial charge < -0.3 is 14.6 Å². The number of nitrogens with zero attached hydrogens (tertiary/aromatic N) is 2. The third kappa shape index (κ3) is 5.22. The summed E-state index contributed by atoms with van der Waals surface area (Å²) >= 11 is 0. The lowest BCUT2D eigenvalue weighted by atomic mass is 10.1. The second-order valence-electron chi connectivity index (χ2n) is 9.52. The molecule has 4 nitrogen and oxygen atoms in total. The summed E-state index contributed by atoms with van der Waals surface area (Å²) in [7, 11) is 3.86. The molecule has 1 fully saturated rings. The Morgan fingerprint density at radius 1 is 1.00 bits per heavy atom. The zero-order valence-corrected chi connectivity index (χ0v) is 19.9. The van der Waals surface area contributed by atoms with Crippen LogP contribution in [0.5, 0.6) is 5.75 Å². The van der Waals surface area contributed by atoms with Crippen LogP contribution in [-0.2, 0) is 13.5 Å². The third-order valence-electron chi connectivity index (χ3n) is 6.69. The van der Waals surface area contributed by atoms with Crippen LogP contribution < -0.4 is 10.1 Å². The average Bonchev–Trinajstić information content (AvgIpc) is 3.56. The van der Waals surface area contributed by atoms with Crippen molar-refractivity contribution in [3.05, 3.63) is 72.2 Å². The van der Waals surface area contributed by atoms with Crippen LogP contribution >= 0.6 is 0 Å². The van der Waals surface area contributed by atoms with Gasteiger partial charge >= 0.3 is 0 Å². The summed E-state index contributed by atoms with van der Waals surface area (Å²) in [4.78, 5) is 4.73. The number of pyridine rings is 1. The average molecular weight is 440 g/mol. The number of hydrogen-bond acceptors (Lipinski definition) is 3. The molecular formula is C29H33N3O. The summed E-state index contributed by atoms with van der Waals surface area (Å²) in [6, 6.07) is 17.1. The Morgan fingerprint density at radius 2 is 1.88 bits per heavy atom. The summed E-state index contributed by atoms with van der Waals surface area (Å²) in [5.74, 6) is 1.89. The van der Waals surface area contributed by atoms with Crippen molar-refractivity contribution in [1.82, 2.24) is 9.55 Å². The van der Waals surface area contributed by atoms with Crippen molar-refractivity contribution in [2.75, 3.05) is 12.4 Å². The largest absolute Gasteiger partial charge is 0.497 e. The first-order valence-corrected chi connectivity index (χ1v) is 12.1. The van der Waals surface area contributed by atoms with Crippen molar-refractivity contribution < 1.29 is 4.74 Å². The summed E-state index contributed by atoms with van der Waals surface area (Å²) in [5, 5.41) is 4.64. The molecule has 0 radical (unpaired) electrons. The van der Waals surface area contributed by atoms with Crippen LogP contribution in [0.2, 0.25) is 0 Å². The summed E-state index contributed by atoms with van der Waals surface area (Å²) < 4.78 is 7.69. The molecule has 2 heterocycles. The van der Waals surface area contributed by atoms with E-state index in [2.05, 4.69) is 66.5 Å². The van der Waals surface area contributed by atoms with Crippen LogP contribution in [0, 0.1) is 12.8 Å². The lowest BCUT2D eigenvalue weighted by Crippen LogP contribution is -1.94. The second-order valence-corrected chi connectivity index (χ2v) is 9.52. The maximum atomic E-state index is 5.41. The maximum Gasteiger partial charge on any atom is 0.121 e. The molecule has 1 aliphatic rings. The van der Waals surface area contributed by atoms with Gasteiger partial charge in [-0.2, -0.15) is 0 Å². The molecule has 0 amide bonds. The van der Waals surface area contributed by atoms with Gasteiger partial charge in [0.05, 0.1) is 12.6 Å². The fourth-order valence-corrected chi connectivity index (χ4v) is 4.63. The van der Waals surface area contributed by atoms with Crippen LogP contribution in [0.15, 0.2) is 60.9 Å². The minimum atomic E-state index is 0.856. The molecule has 1 N–H and O–H groups in total. The van der Waals surface area contributed by atoms with E-state index in [1.165, 1.54) is 43.4 Å². The van der Waals surface area contributed by atoms with Crippen molar-refractivity contribution in [2.45, 2.75) is 45.4 Å². The Hall–Kier alpha value is -3.27. The normalized spacial score (nSPS) is 13.4. The fourth-order valence-electron chi connectivity index (χ4n) is 4.63. The SMILES string of the molecule is COc1cc(C)cc(Nc2ccc3ncc(-c4cc(CCCCC5CC5)n(C)c4)cc3c2)c1. The van der Waals surface area contributed by atoms with Crippen LogP contribution in [0.1, 0.15) is 43.4 Å². The zero-order chi connectivity index (χ0) is 22.8. The van der Waals surface area contributed by atoms with E-state index in [0.717, 1.165) is 51.5 Å². The van der Waals surface area contributed by atoms with E-state index in [1.54, 1.807) is 7.11 Å². The minimum absolute atomic E-state index is 0.856. The number of benzene rings is 2. The first kappa shape index (κ1) is 21.6. The first-order chi connectivity index (χ1) is 16.1. The Morgan fingerprint density at radius 3 is 2.70 bits per heavy atom. The van der Waals surface area contributed by atoms with Gasteiger partial charge in [0, 0.05) is 59.1 Å². The van der Waals surface area contributed by atoms with Crippen LogP contribution in [0.25, 0.3) is 22.0 Å². The first-order valence-electron chi connectivity index (χ1n) is 12.1. The van der Waals surface area contributed by atoms with E-state index < -0.39 is 0 Å². The minimum Gasteiger partial charge on any atom is -0.497 e. The Balaban J connectivity index is 1.34. The van der Waals surface area contributed by atoms with E-state index in [0.29, 0.717) is 0 Å². The number of unbranched alkanes of at least 4 members (excludes halogenated alkanes) is 1. The molecule has 0 saturated heterocycles. The molecule has 1 aliphatic carbocycles. The molecule has 33 heavy (non-hydrogen) atoms. The Kier molecular flexibility index (Phi) is 6.08. The van der Waals surface area contributed by atoms with Gasteiger partial charge in [-0.3, -0.25) is 4.98 Å². The van der Waals surface area contributed by atoms with Crippen molar-refractivity contribution in [1.29, 1.82) is 0 Å². The molecule has 2 aromatic heterocycles. The molecule has 0 unspecified atom stereocenters. The van der Waals surface area contributed by atoms with Gasteiger partial charge in [-0.05, 0) is 73.7 Å². The van der Waals surface area contributed by atoms with Crippen LogP contribution in [0.3, 0.4) is 0 Å². The number of ether oxygens (including phenoxy) is 1. The van der Waals surface area contributed by atoms with E-state index in [1.807, 2.05) is 18.3 Å². The highest BCUT2D eigenvalue weighted by Crippen LogP contribution is 2.34. The zero-order valence-electron chi connectivity index (χ0n) is 19.9. The van der Waals surface area contributed by atoms with Gasteiger partial charge in [-0.25, -0.2) is 0 Å². The number of methoxy groups -OCH3 is 1. The van der Waals surface area contributed by atoms with Gasteiger partial charge in [-0.15, -0.1) is 0 Å². The molecule has 0 bridgehead atoms. The van der Waals surface area contributed by atoms with Crippen LogP contribution in [-0.4, -0.2) is 16.7 Å². The van der Waals surface area contributed by atoms with Gasteiger partial charge in [0.1, 0.15) is 5.75 Å². The highest BCUT2D eigenvalue weighted by atomic mass is 16.5. The van der Waals surface area contributed by atoms with Crippen LogP contribution in [0.4, 0.5) is 11.4 Å². The lowest BCUT2D eigenvalue weighted by molar-refractivity contribution is 0.414. The lowest BCUT2D eigenvalue weighted by Gasteiger charge is -2.11. The molecule has 1 saturated carbocycles. The van der Waals surface area contributed by atoms with Crippen molar-refractivity contribution in [2.24, 2.45) is 13.0 Å². The van der Waals surface area contributed by atoms with E-state index in [9.17, 15) is 0 Å². The van der Waals surface area contributed by atoms with Crippen molar-refractivity contribution in [3.63, 3.8) is 0 Å². The molecule has 0 aliphatic heterocycles. The smallest absolute Gasteiger partial charge is 0.121 e. The molecule has 5 rings (SSSR count). The number of nitrogens with one attached hydrogen (secondary N) is 1. The van der Waals surface area contributed by atoms with Crippen molar-refractivity contribution in [3.8, 4) is 16.9 Å². The maximum absolute atomic E-state index is 5.41. The second kappa shape index (κ2) is 9.30.